The molecule has 0 saturated heterocycles. The number of imide groups is 1. The van der Waals surface area contributed by atoms with Gasteiger partial charge in [-0.3, -0.25) is 14.9 Å². The lowest BCUT2D eigenvalue weighted by Gasteiger charge is -2.06. The number of nitriles is 1. The SMILES string of the molecule is N#C[C@H](CCCl)C(=O)NC(=O)C1CC1. The third kappa shape index (κ3) is 3.00. The fraction of sp³-hybridized carbons (Fsp3) is 0.667. The molecule has 1 aliphatic carbocycles. The minimum absolute atomic E-state index is 0.0192. The Kier molecular flexibility index (Phi) is 3.90. The Morgan fingerprint density at radius 2 is 2.21 bits per heavy atom. The van der Waals surface area contributed by atoms with Crippen molar-refractivity contribution in [3.8, 4) is 6.07 Å². The van der Waals surface area contributed by atoms with Crippen molar-refractivity contribution in [3.05, 3.63) is 0 Å². The zero-order chi connectivity index (χ0) is 10.6. The Morgan fingerprint density at radius 3 is 2.64 bits per heavy atom. The molecule has 76 valence electrons. The molecule has 1 rings (SSSR count). The van der Waals surface area contributed by atoms with Crippen LogP contribution in [0.5, 0.6) is 0 Å². The van der Waals surface area contributed by atoms with Crippen LogP contribution in [0.2, 0.25) is 0 Å². The second-order valence-electron chi connectivity index (χ2n) is 3.29. The van der Waals surface area contributed by atoms with Gasteiger partial charge in [0.05, 0.1) is 6.07 Å². The highest BCUT2D eigenvalue weighted by atomic mass is 35.5. The summed E-state index contributed by atoms with van der Waals surface area (Å²) in [5.74, 6) is -1.37. The summed E-state index contributed by atoms with van der Waals surface area (Å²) in [6, 6.07) is 1.82. The maximum atomic E-state index is 11.3. The summed E-state index contributed by atoms with van der Waals surface area (Å²) in [4.78, 5) is 22.5. The highest BCUT2D eigenvalue weighted by Gasteiger charge is 2.32. The molecule has 0 unspecified atom stereocenters. The lowest BCUT2D eigenvalue weighted by Crippen LogP contribution is -2.36. The summed E-state index contributed by atoms with van der Waals surface area (Å²) < 4.78 is 0. The summed E-state index contributed by atoms with van der Waals surface area (Å²) in [6.45, 7) is 0. The van der Waals surface area contributed by atoms with Gasteiger partial charge in [-0.25, -0.2) is 0 Å². The quantitative estimate of drug-likeness (QED) is 0.704. The van der Waals surface area contributed by atoms with E-state index in [0.29, 0.717) is 0 Å². The third-order valence-electron chi connectivity index (χ3n) is 2.06. The van der Waals surface area contributed by atoms with Crippen LogP contribution in [0.4, 0.5) is 0 Å². The molecule has 0 aliphatic heterocycles. The number of carbonyl (C=O) groups excluding carboxylic acids is 2. The van der Waals surface area contributed by atoms with Gasteiger partial charge in [0.1, 0.15) is 5.92 Å². The van der Waals surface area contributed by atoms with Crippen molar-refractivity contribution in [1.82, 2.24) is 5.32 Å². The highest BCUT2D eigenvalue weighted by Crippen LogP contribution is 2.28. The van der Waals surface area contributed by atoms with Crippen LogP contribution in [0.15, 0.2) is 0 Å². The van der Waals surface area contributed by atoms with Crippen molar-refractivity contribution < 1.29 is 9.59 Å². The zero-order valence-electron chi connectivity index (χ0n) is 7.62. The summed E-state index contributed by atoms with van der Waals surface area (Å²) in [5, 5.41) is 10.8. The minimum Gasteiger partial charge on any atom is -0.295 e. The Morgan fingerprint density at radius 1 is 1.57 bits per heavy atom. The van der Waals surface area contributed by atoms with E-state index in [2.05, 4.69) is 5.32 Å². The molecule has 1 fully saturated rings. The van der Waals surface area contributed by atoms with Crippen LogP contribution >= 0.6 is 11.6 Å². The average molecular weight is 215 g/mol. The van der Waals surface area contributed by atoms with Gasteiger partial charge in [-0.1, -0.05) is 0 Å². The van der Waals surface area contributed by atoms with E-state index in [4.69, 9.17) is 16.9 Å². The Balaban J connectivity index is 2.38. The molecule has 1 N–H and O–H groups in total. The molecule has 0 aromatic heterocycles. The fourth-order valence-corrected chi connectivity index (χ4v) is 1.24. The number of alkyl halides is 1. The first-order valence-electron chi connectivity index (χ1n) is 4.49. The van der Waals surface area contributed by atoms with Crippen LogP contribution in [-0.2, 0) is 9.59 Å². The van der Waals surface area contributed by atoms with Crippen LogP contribution in [0.3, 0.4) is 0 Å². The lowest BCUT2D eigenvalue weighted by atomic mass is 10.1. The van der Waals surface area contributed by atoms with Gasteiger partial charge in [0.2, 0.25) is 11.8 Å². The summed E-state index contributed by atoms with van der Waals surface area (Å²) >= 11 is 5.41. The van der Waals surface area contributed by atoms with Crippen LogP contribution in [-0.4, -0.2) is 17.7 Å². The Bertz CT molecular complexity index is 281. The van der Waals surface area contributed by atoms with E-state index in [9.17, 15) is 9.59 Å². The number of hydrogen-bond acceptors (Lipinski definition) is 3. The second kappa shape index (κ2) is 4.97. The first kappa shape index (κ1) is 11.0. The normalized spacial score (nSPS) is 16.9. The van der Waals surface area contributed by atoms with Gasteiger partial charge in [-0.2, -0.15) is 5.26 Å². The van der Waals surface area contributed by atoms with Crippen molar-refractivity contribution in [3.63, 3.8) is 0 Å². The monoisotopic (exact) mass is 214 g/mol. The van der Waals surface area contributed by atoms with Crippen molar-refractivity contribution in [1.29, 1.82) is 5.26 Å². The summed E-state index contributed by atoms with van der Waals surface area (Å²) in [7, 11) is 0. The van der Waals surface area contributed by atoms with Crippen LogP contribution < -0.4 is 5.32 Å². The Hall–Kier alpha value is -1.08. The molecule has 5 heteroatoms. The van der Waals surface area contributed by atoms with E-state index in [1.165, 1.54) is 0 Å². The summed E-state index contributed by atoms with van der Waals surface area (Å²) in [5.41, 5.74) is 0. The number of nitrogens with one attached hydrogen (secondary N) is 1. The van der Waals surface area contributed by atoms with Crippen LogP contribution in [0.25, 0.3) is 0 Å². The number of halogens is 1. The molecule has 0 spiro atoms. The predicted molar refractivity (Wildman–Crippen MR) is 50.3 cm³/mol. The number of amides is 2. The lowest BCUT2D eigenvalue weighted by molar-refractivity contribution is -0.132. The smallest absolute Gasteiger partial charge is 0.243 e. The predicted octanol–water partition coefficient (Wildman–Crippen LogP) is 0.808. The fourth-order valence-electron chi connectivity index (χ4n) is 1.02. The van der Waals surface area contributed by atoms with E-state index < -0.39 is 11.8 Å². The first-order chi connectivity index (χ1) is 6.69. The van der Waals surface area contributed by atoms with Crippen molar-refractivity contribution in [2.75, 3.05) is 5.88 Å². The van der Waals surface area contributed by atoms with Gasteiger partial charge >= 0.3 is 0 Å². The second-order valence-corrected chi connectivity index (χ2v) is 3.67. The molecule has 0 aromatic rings. The van der Waals surface area contributed by atoms with Crippen LogP contribution in [0.1, 0.15) is 19.3 Å². The molecule has 14 heavy (non-hydrogen) atoms. The number of hydrogen-bond donors (Lipinski definition) is 1. The molecule has 0 radical (unpaired) electrons. The third-order valence-corrected chi connectivity index (χ3v) is 2.28. The topological polar surface area (TPSA) is 70.0 Å². The van der Waals surface area contributed by atoms with Crippen LogP contribution in [0, 0.1) is 23.2 Å². The average Bonchev–Trinajstić information content (AvgIpc) is 2.96. The highest BCUT2D eigenvalue weighted by molar-refractivity contribution is 6.18. The van der Waals surface area contributed by atoms with Gasteiger partial charge in [0, 0.05) is 11.8 Å². The standard InChI is InChI=1S/C9H11ClN2O2/c10-4-3-7(5-11)9(14)12-8(13)6-1-2-6/h6-7H,1-4H2,(H,12,13,14)/t7-/m0/s1. The first-order valence-corrected chi connectivity index (χ1v) is 5.02. The Labute approximate surface area is 87.2 Å². The van der Waals surface area contributed by atoms with E-state index >= 15 is 0 Å². The van der Waals surface area contributed by atoms with Gasteiger partial charge in [-0.05, 0) is 19.3 Å². The minimum atomic E-state index is -0.810. The molecule has 0 heterocycles. The van der Waals surface area contributed by atoms with E-state index in [0.717, 1.165) is 12.8 Å². The molecule has 1 aliphatic rings. The van der Waals surface area contributed by atoms with E-state index in [-0.39, 0.29) is 24.1 Å². The molecule has 2 amide bonds. The van der Waals surface area contributed by atoms with Gasteiger partial charge in [0.25, 0.3) is 0 Å². The zero-order valence-corrected chi connectivity index (χ0v) is 8.38. The van der Waals surface area contributed by atoms with Gasteiger partial charge in [-0.15, -0.1) is 11.6 Å². The van der Waals surface area contributed by atoms with Crippen molar-refractivity contribution in [2.45, 2.75) is 19.3 Å². The van der Waals surface area contributed by atoms with Crippen molar-refractivity contribution in [2.24, 2.45) is 11.8 Å². The van der Waals surface area contributed by atoms with Gasteiger partial charge < -0.3 is 0 Å². The maximum absolute atomic E-state index is 11.3. The van der Waals surface area contributed by atoms with Crippen molar-refractivity contribution >= 4 is 23.4 Å². The number of nitrogens with zero attached hydrogens (tertiary/aromatic N) is 1. The largest absolute Gasteiger partial charge is 0.295 e. The molecular weight excluding hydrogens is 204 g/mol. The number of carbonyl (C=O) groups is 2. The van der Waals surface area contributed by atoms with E-state index in [1.54, 1.807) is 0 Å². The molecular formula is C9H11ClN2O2. The molecule has 4 nitrogen and oxygen atoms in total. The number of rotatable bonds is 4. The van der Waals surface area contributed by atoms with Gasteiger partial charge in [0.15, 0.2) is 0 Å². The molecule has 0 bridgehead atoms. The van der Waals surface area contributed by atoms with E-state index in [1.807, 2.05) is 6.07 Å². The molecule has 1 saturated carbocycles. The summed E-state index contributed by atoms with van der Waals surface area (Å²) in [6.07, 6.45) is 1.96. The molecule has 0 aromatic carbocycles. The maximum Gasteiger partial charge on any atom is 0.243 e. The molecule has 1 atom stereocenters.